The molecular formula is C21H16N2O5. The lowest BCUT2D eigenvalue weighted by molar-refractivity contribution is -0.132. The summed E-state index contributed by atoms with van der Waals surface area (Å²) in [6.45, 7) is 2.66. The normalized spacial score (nSPS) is 14.1. The Morgan fingerprint density at radius 1 is 0.964 bits per heavy atom. The molecule has 0 aliphatic carbocycles. The van der Waals surface area contributed by atoms with Crippen molar-refractivity contribution in [1.82, 2.24) is 4.98 Å². The molecule has 140 valence electrons. The fraction of sp³-hybridized carbons (Fsp3) is 0.0952. The molecule has 2 heterocycles. The van der Waals surface area contributed by atoms with Gasteiger partial charge in [-0.25, -0.2) is 0 Å². The van der Waals surface area contributed by atoms with Crippen LogP contribution in [0.4, 0.5) is 5.69 Å². The van der Waals surface area contributed by atoms with Crippen molar-refractivity contribution >= 4 is 46.1 Å². The second-order valence-electron chi connectivity index (χ2n) is 6.36. The number of aromatic amines is 1. The van der Waals surface area contributed by atoms with Crippen LogP contribution in [0.15, 0.2) is 42.6 Å². The molecule has 3 aromatic rings. The number of hydrogen-bond donors (Lipinski definition) is 2. The van der Waals surface area contributed by atoms with Gasteiger partial charge in [0.15, 0.2) is 0 Å². The first-order valence-corrected chi connectivity index (χ1v) is 8.56. The number of amides is 1. The lowest BCUT2D eigenvalue weighted by Gasteiger charge is -2.04. The second-order valence-corrected chi connectivity index (χ2v) is 6.36. The number of ether oxygens (including phenoxy) is 2. The van der Waals surface area contributed by atoms with Crippen LogP contribution in [0.3, 0.4) is 0 Å². The maximum atomic E-state index is 12.5. The van der Waals surface area contributed by atoms with E-state index in [4.69, 9.17) is 9.47 Å². The summed E-state index contributed by atoms with van der Waals surface area (Å²) in [4.78, 5) is 38.0. The molecule has 0 saturated heterocycles. The number of rotatable bonds is 3. The summed E-state index contributed by atoms with van der Waals surface area (Å²) in [7, 11) is 0. The third-order valence-corrected chi connectivity index (χ3v) is 4.28. The molecule has 0 atom stereocenters. The van der Waals surface area contributed by atoms with E-state index in [1.54, 1.807) is 48.7 Å². The largest absolute Gasteiger partial charge is 0.427 e. The molecule has 0 unspecified atom stereocenters. The van der Waals surface area contributed by atoms with Crippen LogP contribution in [0.2, 0.25) is 0 Å². The molecule has 7 nitrogen and oxygen atoms in total. The fourth-order valence-corrected chi connectivity index (χ4v) is 3.17. The third kappa shape index (κ3) is 3.25. The standard InChI is InChI=1S/C21H16N2O5/c1-11(24)27-14-3-5-19-16(8-14)13(10-22-19)7-18-17-9-15(28-12(2)25)4-6-20(17)23-21(18)26/h3-10,22H,1-2H3,(H,23,26). The van der Waals surface area contributed by atoms with E-state index in [0.717, 1.165) is 16.5 Å². The molecule has 2 aromatic carbocycles. The Labute approximate surface area is 160 Å². The van der Waals surface area contributed by atoms with Gasteiger partial charge in [-0.05, 0) is 42.5 Å². The lowest BCUT2D eigenvalue weighted by Crippen LogP contribution is -2.03. The van der Waals surface area contributed by atoms with E-state index in [1.807, 2.05) is 0 Å². The first kappa shape index (κ1) is 17.5. The maximum Gasteiger partial charge on any atom is 0.308 e. The van der Waals surface area contributed by atoms with Gasteiger partial charge in [0.2, 0.25) is 0 Å². The Morgan fingerprint density at radius 2 is 1.64 bits per heavy atom. The van der Waals surface area contributed by atoms with Crippen molar-refractivity contribution < 1.29 is 23.9 Å². The van der Waals surface area contributed by atoms with Gasteiger partial charge in [0.1, 0.15) is 11.5 Å². The topological polar surface area (TPSA) is 97.5 Å². The first-order valence-electron chi connectivity index (χ1n) is 8.56. The number of benzene rings is 2. The number of esters is 2. The van der Waals surface area contributed by atoms with E-state index in [2.05, 4.69) is 10.3 Å². The molecule has 1 amide bonds. The third-order valence-electron chi connectivity index (χ3n) is 4.28. The minimum Gasteiger partial charge on any atom is -0.427 e. The number of carbonyl (C=O) groups excluding carboxylic acids is 3. The zero-order valence-corrected chi connectivity index (χ0v) is 15.2. The van der Waals surface area contributed by atoms with Gasteiger partial charge in [-0.3, -0.25) is 14.4 Å². The van der Waals surface area contributed by atoms with E-state index in [0.29, 0.717) is 28.3 Å². The van der Waals surface area contributed by atoms with Crippen molar-refractivity contribution in [3.63, 3.8) is 0 Å². The van der Waals surface area contributed by atoms with Crippen LogP contribution < -0.4 is 14.8 Å². The summed E-state index contributed by atoms with van der Waals surface area (Å²) in [5.41, 5.74) is 3.35. The number of carbonyl (C=O) groups is 3. The summed E-state index contributed by atoms with van der Waals surface area (Å²) >= 11 is 0. The van der Waals surface area contributed by atoms with Gasteiger partial charge in [-0.2, -0.15) is 0 Å². The molecule has 7 heteroatoms. The Bertz CT molecular complexity index is 1170. The van der Waals surface area contributed by atoms with Gasteiger partial charge < -0.3 is 19.8 Å². The second kappa shape index (κ2) is 6.70. The van der Waals surface area contributed by atoms with E-state index in [9.17, 15) is 14.4 Å². The lowest BCUT2D eigenvalue weighted by atomic mass is 10.0. The smallest absolute Gasteiger partial charge is 0.308 e. The predicted octanol–water partition coefficient (Wildman–Crippen LogP) is 3.51. The number of aromatic nitrogens is 1. The quantitative estimate of drug-likeness (QED) is 0.414. The molecule has 0 bridgehead atoms. The van der Waals surface area contributed by atoms with Gasteiger partial charge in [-0.15, -0.1) is 0 Å². The SMILES string of the molecule is CC(=O)Oc1ccc2c(c1)C(=Cc1c[nH]c3ccc(OC(C)=O)cc13)C(=O)N2. The van der Waals surface area contributed by atoms with E-state index in [-0.39, 0.29) is 5.91 Å². The van der Waals surface area contributed by atoms with Crippen molar-refractivity contribution in [2.24, 2.45) is 0 Å². The summed E-state index contributed by atoms with van der Waals surface area (Å²) in [5, 5.41) is 3.61. The van der Waals surface area contributed by atoms with Crippen LogP contribution in [0.25, 0.3) is 22.6 Å². The monoisotopic (exact) mass is 376 g/mol. The average molecular weight is 376 g/mol. The van der Waals surface area contributed by atoms with Gasteiger partial charge in [0.05, 0.1) is 0 Å². The fourth-order valence-electron chi connectivity index (χ4n) is 3.17. The average Bonchev–Trinajstić information content (AvgIpc) is 3.15. The van der Waals surface area contributed by atoms with Crippen LogP contribution in [0.1, 0.15) is 25.0 Å². The van der Waals surface area contributed by atoms with Gasteiger partial charge >= 0.3 is 11.9 Å². The van der Waals surface area contributed by atoms with E-state index in [1.165, 1.54) is 13.8 Å². The van der Waals surface area contributed by atoms with Crippen LogP contribution >= 0.6 is 0 Å². The number of fused-ring (bicyclic) bond motifs is 2. The van der Waals surface area contributed by atoms with Crippen molar-refractivity contribution in [3.05, 3.63) is 53.7 Å². The summed E-state index contributed by atoms with van der Waals surface area (Å²) in [6.07, 6.45) is 3.52. The highest BCUT2D eigenvalue weighted by molar-refractivity contribution is 6.35. The molecule has 28 heavy (non-hydrogen) atoms. The van der Waals surface area contributed by atoms with Crippen molar-refractivity contribution in [2.75, 3.05) is 5.32 Å². The zero-order valence-electron chi connectivity index (χ0n) is 15.2. The van der Waals surface area contributed by atoms with Crippen molar-refractivity contribution in [1.29, 1.82) is 0 Å². The molecule has 1 aromatic heterocycles. The van der Waals surface area contributed by atoms with Gasteiger partial charge in [0.25, 0.3) is 5.91 Å². The number of nitrogens with one attached hydrogen (secondary N) is 2. The van der Waals surface area contributed by atoms with Gasteiger partial charge in [-0.1, -0.05) is 0 Å². The van der Waals surface area contributed by atoms with Crippen LogP contribution in [0, 0.1) is 0 Å². The molecule has 0 spiro atoms. The Morgan fingerprint density at radius 3 is 2.36 bits per heavy atom. The summed E-state index contributed by atoms with van der Waals surface area (Å²) < 4.78 is 10.3. The highest BCUT2D eigenvalue weighted by Gasteiger charge is 2.25. The molecule has 1 aliphatic rings. The first-order chi connectivity index (χ1) is 13.4. The minimum atomic E-state index is -0.433. The number of anilines is 1. The molecule has 1 aliphatic heterocycles. The molecule has 0 radical (unpaired) electrons. The van der Waals surface area contributed by atoms with E-state index >= 15 is 0 Å². The highest BCUT2D eigenvalue weighted by atomic mass is 16.5. The van der Waals surface area contributed by atoms with Crippen LogP contribution in [-0.4, -0.2) is 22.8 Å². The number of H-pyrrole nitrogens is 1. The molecule has 2 N–H and O–H groups in total. The maximum absolute atomic E-state index is 12.5. The molecule has 0 saturated carbocycles. The van der Waals surface area contributed by atoms with E-state index < -0.39 is 11.9 Å². The zero-order chi connectivity index (χ0) is 19.8. The Hall–Kier alpha value is -3.87. The summed E-state index contributed by atoms with van der Waals surface area (Å²) in [6, 6.07) is 10.2. The molecule has 4 rings (SSSR count). The van der Waals surface area contributed by atoms with Crippen LogP contribution in [0.5, 0.6) is 11.5 Å². The summed E-state index contributed by atoms with van der Waals surface area (Å²) in [5.74, 6) is -0.299. The van der Waals surface area contributed by atoms with Crippen molar-refractivity contribution in [2.45, 2.75) is 13.8 Å². The number of hydrogen-bond acceptors (Lipinski definition) is 5. The van der Waals surface area contributed by atoms with Gasteiger partial charge in [0, 0.05) is 53.3 Å². The Kier molecular flexibility index (Phi) is 4.19. The predicted molar refractivity (Wildman–Crippen MR) is 104 cm³/mol. The molecular weight excluding hydrogens is 360 g/mol. The van der Waals surface area contributed by atoms with Crippen molar-refractivity contribution in [3.8, 4) is 11.5 Å². The Balaban J connectivity index is 1.78. The van der Waals surface area contributed by atoms with Crippen LogP contribution in [-0.2, 0) is 14.4 Å². The molecule has 0 fully saturated rings. The minimum absolute atomic E-state index is 0.250. The highest BCUT2D eigenvalue weighted by Crippen LogP contribution is 2.37.